The van der Waals surface area contributed by atoms with E-state index in [2.05, 4.69) is 98.5 Å². The first-order chi connectivity index (χ1) is 14.8. The SMILES string of the molecule is C=CC1=C(/C=C\C)C2(c3ccccc31)c1ccccc1-c1ccccc12.CC.CC. The van der Waals surface area contributed by atoms with E-state index in [1.54, 1.807) is 0 Å². The van der Waals surface area contributed by atoms with E-state index in [-0.39, 0.29) is 5.41 Å². The summed E-state index contributed by atoms with van der Waals surface area (Å²) in [6.07, 6.45) is 6.44. The van der Waals surface area contributed by atoms with Crippen LogP contribution in [0, 0.1) is 0 Å². The van der Waals surface area contributed by atoms with Gasteiger partial charge in [0, 0.05) is 0 Å². The summed E-state index contributed by atoms with van der Waals surface area (Å²) in [5.74, 6) is 0. The Labute approximate surface area is 182 Å². The van der Waals surface area contributed by atoms with Crippen LogP contribution in [0.15, 0.2) is 103 Å². The van der Waals surface area contributed by atoms with Crippen molar-refractivity contribution in [3.05, 3.63) is 125 Å². The lowest BCUT2D eigenvalue weighted by Crippen LogP contribution is -2.26. The van der Waals surface area contributed by atoms with Gasteiger partial charge in [-0.05, 0) is 51.5 Å². The Balaban J connectivity index is 0.000000606. The third kappa shape index (κ3) is 2.82. The maximum absolute atomic E-state index is 4.15. The average Bonchev–Trinajstić information content (AvgIpc) is 3.29. The molecule has 0 N–H and O–H groups in total. The van der Waals surface area contributed by atoms with Gasteiger partial charge in [0.15, 0.2) is 0 Å². The summed E-state index contributed by atoms with van der Waals surface area (Å²) < 4.78 is 0. The largest absolute Gasteiger partial charge is 0.0984 e. The van der Waals surface area contributed by atoms with Crippen molar-refractivity contribution in [2.45, 2.75) is 40.0 Å². The minimum Gasteiger partial charge on any atom is -0.0984 e. The molecule has 0 amide bonds. The number of rotatable bonds is 2. The first-order valence-corrected chi connectivity index (χ1v) is 11.1. The van der Waals surface area contributed by atoms with Gasteiger partial charge in [0.2, 0.25) is 0 Å². The van der Waals surface area contributed by atoms with Gasteiger partial charge in [0.1, 0.15) is 0 Å². The molecule has 5 rings (SSSR count). The lowest BCUT2D eigenvalue weighted by atomic mass is 9.69. The normalized spacial score (nSPS) is 14.3. The summed E-state index contributed by atoms with van der Waals surface area (Å²) in [7, 11) is 0. The van der Waals surface area contributed by atoms with Crippen LogP contribution in [0.4, 0.5) is 0 Å². The maximum atomic E-state index is 4.15. The first kappa shape index (κ1) is 21.6. The van der Waals surface area contributed by atoms with Gasteiger partial charge in [-0.3, -0.25) is 0 Å². The summed E-state index contributed by atoms with van der Waals surface area (Å²) in [6, 6.07) is 26.5. The highest BCUT2D eigenvalue weighted by Gasteiger charge is 2.51. The zero-order chi connectivity index (χ0) is 21.7. The summed E-state index contributed by atoms with van der Waals surface area (Å²) in [5, 5.41) is 0. The zero-order valence-electron chi connectivity index (χ0n) is 18.9. The van der Waals surface area contributed by atoms with Crippen LogP contribution in [0.25, 0.3) is 16.7 Å². The molecule has 1 spiro atoms. The van der Waals surface area contributed by atoms with Crippen molar-refractivity contribution < 1.29 is 0 Å². The predicted octanol–water partition coefficient (Wildman–Crippen LogP) is 8.58. The maximum Gasteiger partial charge on any atom is 0.0725 e. The molecule has 0 saturated heterocycles. The molecule has 2 aliphatic carbocycles. The van der Waals surface area contributed by atoms with Crippen molar-refractivity contribution in [3.8, 4) is 11.1 Å². The molecule has 0 radical (unpaired) electrons. The highest BCUT2D eigenvalue weighted by molar-refractivity contribution is 5.97. The molecule has 0 heteroatoms. The highest BCUT2D eigenvalue weighted by atomic mass is 14.5. The van der Waals surface area contributed by atoms with Crippen molar-refractivity contribution in [1.82, 2.24) is 0 Å². The molecular formula is C30H32. The lowest BCUT2D eigenvalue weighted by molar-refractivity contribution is 0.786. The highest BCUT2D eigenvalue weighted by Crippen LogP contribution is 2.61. The second-order valence-electron chi connectivity index (χ2n) is 6.92. The third-order valence-electron chi connectivity index (χ3n) is 5.81. The van der Waals surface area contributed by atoms with E-state index in [9.17, 15) is 0 Å². The van der Waals surface area contributed by atoms with Gasteiger partial charge >= 0.3 is 0 Å². The van der Waals surface area contributed by atoms with E-state index in [1.807, 2.05) is 33.8 Å². The molecule has 0 aliphatic heterocycles. The molecule has 3 aromatic carbocycles. The topological polar surface area (TPSA) is 0 Å². The second kappa shape index (κ2) is 9.13. The molecule has 0 nitrogen and oxygen atoms in total. The van der Waals surface area contributed by atoms with Crippen molar-refractivity contribution in [2.75, 3.05) is 0 Å². The monoisotopic (exact) mass is 392 g/mol. The van der Waals surface area contributed by atoms with Gasteiger partial charge in [0.25, 0.3) is 0 Å². The van der Waals surface area contributed by atoms with Crippen LogP contribution in [0.1, 0.15) is 56.9 Å². The minimum atomic E-state index is -0.250. The smallest absolute Gasteiger partial charge is 0.0725 e. The van der Waals surface area contributed by atoms with Gasteiger partial charge in [-0.1, -0.05) is 125 Å². The fourth-order valence-electron chi connectivity index (χ4n) is 4.95. The van der Waals surface area contributed by atoms with Crippen molar-refractivity contribution in [1.29, 1.82) is 0 Å². The van der Waals surface area contributed by atoms with Gasteiger partial charge in [-0.25, -0.2) is 0 Å². The first-order valence-electron chi connectivity index (χ1n) is 11.1. The average molecular weight is 393 g/mol. The standard InChI is InChI=1S/C26H20.2C2H6/c1-3-11-22-18(4-2)19-12-5-8-15-23(19)26(22)24-16-9-6-13-20(24)21-14-7-10-17-25(21)26;2*1-2/h3-17H,2H2,1H3;2*1-2H3/b11-3-;;. The molecule has 0 heterocycles. The Morgan fingerprint density at radius 3 is 1.47 bits per heavy atom. The van der Waals surface area contributed by atoms with Crippen molar-refractivity contribution >= 4 is 5.57 Å². The van der Waals surface area contributed by atoms with Gasteiger partial charge in [-0.2, -0.15) is 0 Å². The molecule has 3 aromatic rings. The van der Waals surface area contributed by atoms with Gasteiger partial charge in [-0.15, -0.1) is 0 Å². The number of allylic oxidation sites excluding steroid dienone is 5. The van der Waals surface area contributed by atoms with E-state index >= 15 is 0 Å². The van der Waals surface area contributed by atoms with Crippen LogP contribution in [0.5, 0.6) is 0 Å². The molecule has 0 unspecified atom stereocenters. The Kier molecular flexibility index (Phi) is 6.57. The summed E-state index contributed by atoms with van der Waals surface area (Å²) in [6.45, 7) is 14.2. The molecule has 152 valence electrons. The minimum absolute atomic E-state index is 0.250. The Bertz CT molecular complexity index is 1060. The van der Waals surface area contributed by atoms with E-state index < -0.39 is 0 Å². The van der Waals surface area contributed by atoms with Crippen LogP contribution in [0.3, 0.4) is 0 Å². The molecular weight excluding hydrogens is 360 g/mol. The van der Waals surface area contributed by atoms with Crippen LogP contribution in [-0.2, 0) is 5.41 Å². The van der Waals surface area contributed by atoms with E-state index in [4.69, 9.17) is 0 Å². The summed E-state index contributed by atoms with van der Waals surface area (Å²) in [4.78, 5) is 0. The number of fused-ring (bicyclic) bond motifs is 7. The zero-order valence-corrected chi connectivity index (χ0v) is 18.9. The molecule has 2 aliphatic rings. The molecule has 0 saturated carbocycles. The van der Waals surface area contributed by atoms with Crippen LogP contribution in [-0.4, -0.2) is 0 Å². The molecule has 0 bridgehead atoms. The third-order valence-corrected chi connectivity index (χ3v) is 5.81. The summed E-state index contributed by atoms with van der Waals surface area (Å²) >= 11 is 0. The van der Waals surface area contributed by atoms with Crippen molar-refractivity contribution in [2.24, 2.45) is 0 Å². The van der Waals surface area contributed by atoms with E-state index in [1.165, 1.54) is 44.5 Å². The fourth-order valence-corrected chi connectivity index (χ4v) is 4.95. The summed E-state index contributed by atoms with van der Waals surface area (Å²) in [5.41, 5.74) is 10.4. The van der Waals surface area contributed by atoms with E-state index in [0.717, 1.165) is 0 Å². The second-order valence-corrected chi connectivity index (χ2v) is 6.92. The Morgan fingerprint density at radius 2 is 1.03 bits per heavy atom. The lowest BCUT2D eigenvalue weighted by Gasteiger charge is -2.31. The van der Waals surface area contributed by atoms with Gasteiger partial charge < -0.3 is 0 Å². The van der Waals surface area contributed by atoms with E-state index in [0.29, 0.717) is 0 Å². The quantitative estimate of drug-likeness (QED) is 0.409. The Hall–Kier alpha value is -3.12. The predicted molar refractivity (Wildman–Crippen MR) is 133 cm³/mol. The fraction of sp³-hybridized carbons (Fsp3) is 0.200. The number of hydrogen-bond donors (Lipinski definition) is 0. The molecule has 30 heavy (non-hydrogen) atoms. The Morgan fingerprint density at radius 1 is 0.633 bits per heavy atom. The molecule has 0 atom stereocenters. The van der Waals surface area contributed by atoms with Crippen LogP contribution >= 0.6 is 0 Å². The van der Waals surface area contributed by atoms with Gasteiger partial charge in [0.05, 0.1) is 5.41 Å². The van der Waals surface area contributed by atoms with Crippen molar-refractivity contribution in [3.63, 3.8) is 0 Å². The number of benzene rings is 3. The molecule has 0 aromatic heterocycles. The molecule has 0 fully saturated rings. The van der Waals surface area contributed by atoms with Crippen LogP contribution in [0.2, 0.25) is 0 Å². The van der Waals surface area contributed by atoms with Crippen LogP contribution < -0.4 is 0 Å². The number of hydrogen-bond acceptors (Lipinski definition) is 0.